The molecule has 4 rings (SSSR count). The normalized spacial score (nSPS) is 20.7. The number of piperazine rings is 1. The largest absolute Gasteiger partial charge is 0.367 e. The Kier molecular flexibility index (Phi) is 9.22. The molecular formula is C30H40FN5O3. The van der Waals surface area contributed by atoms with Gasteiger partial charge in [-0.3, -0.25) is 14.4 Å². The van der Waals surface area contributed by atoms with Gasteiger partial charge in [0.25, 0.3) is 0 Å². The molecule has 3 N–H and O–H groups in total. The van der Waals surface area contributed by atoms with Crippen molar-refractivity contribution in [2.45, 2.75) is 64.2 Å². The first-order valence-electron chi connectivity index (χ1n) is 13.9. The molecule has 210 valence electrons. The molecule has 39 heavy (non-hydrogen) atoms. The number of anilines is 1. The van der Waals surface area contributed by atoms with E-state index in [2.05, 4.69) is 28.1 Å². The van der Waals surface area contributed by atoms with Gasteiger partial charge in [0, 0.05) is 25.3 Å². The zero-order valence-electron chi connectivity index (χ0n) is 23.2. The van der Waals surface area contributed by atoms with Crippen molar-refractivity contribution in [1.82, 2.24) is 20.9 Å². The van der Waals surface area contributed by atoms with Crippen molar-refractivity contribution in [2.24, 2.45) is 5.92 Å². The van der Waals surface area contributed by atoms with Crippen LogP contribution in [0, 0.1) is 11.7 Å². The van der Waals surface area contributed by atoms with Crippen molar-refractivity contribution < 1.29 is 18.8 Å². The number of likely N-dealkylation sites (N-methyl/N-ethyl adjacent to an activating group) is 1. The van der Waals surface area contributed by atoms with Crippen molar-refractivity contribution >= 4 is 23.4 Å². The molecule has 2 aromatic carbocycles. The molecule has 1 aliphatic carbocycles. The van der Waals surface area contributed by atoms with Gasteiger partial charge in [0.15, 0.2) is 0 Å². The molecule has 0 unspecified atom stereocenters. The number of nitrogens with zero attached hydrogens (tertiary/aromatic N) is 2. The number of amides is 3. The van der Waals surface area contributed by atoms with E-state index < -0.39 is 18.1 Å². The summed E-state index contributed by atoms with van der Waals surface area (Å²) in [5.74, 6) is -1.27. The van der Waals surface area contributed by atoms with Gasteiger partial charge in [-0.25, -0.2) is 4.39 Å². The van der Waals surface area contributed by atoms with E-state index in [9.17, 15) is 18.8 Å². The van der Waals surface area contributed by atoms with E-state index in [1.165, 1.54) is 17.7 Å². The SMILES string of the molecule is CN[C@@H](C)C(=O)N[C@H](C(=O)N1CCN(c2ccc(F)cc2)C[C@H]1C(=O)N[C@@H]1CCCc2ccccc21)C(C)C. The number of carbonyl (C=O) groups excluding carboxylic acids is 3. The number of rotatable bonds is 8. The zero-order valence-corrected chi connectivity index (χ0v) is 23.2. The fourth-order valence-electron chi connectivity index (χ4n) is 5.43. The van der Waals surface area contributed by atoms with Crippen LogP contribution in [0.25, 0.3) is 0 Å². The van der Waals surface area contributed by atoms with Crippen LogP contribution in [0.4, 0.5) is 10.1 Å². The minimum absolute atomic E-state index is 0.127. The lowest BCUT2D eigenvalue weighted by atomic mass is 9.87. The fraction of sp³-hybridized carbons (Fsp3) is 0.500. The molecule has 8 nitrogen and oxygen atoms in total. The third-order valence-electron chi connectivity index (χ3n) is 7.90. The van der Waals surface area contributed by atoms with Crippen molar-refractivity contribution in [3.05, 3.63) is 65.5 Å². The van der Waals surface area contributed by atoms with Crippen LogP contribution in [0.3, 0.4) is 0 Å². The summed E-state index contributed by atoms with van der Waals surface area (Å²) in [7, 11) is 1.69. The first-order valence-corrected chi connectivity index (χ1v) is 13.9. The molecule has 1 saturated heterocycles. The molecular weight excluding hydrogens is 497 g/mol. The van der Waals surface area contributed by atoms with Gasteiger partial charge in [-0.15, -0.1) is 0 Å². The first-order chi connectivity index (χ1) is 18.7. The van der Waals surface area contributed by atoms with Crippen molar-refractivity contribution in [3.8, 4) is 0 Å². The van der Waals surface area contributed by atoms with E-state index in [1.807, 2.05) is 30.9 Å². The maximum Gasteiger partial charge on any atom is 0.246 e. The smallest absolute Gasteiger partial charge is 0.246 e. The van der Waals surface area contributed by atoms with E-state index in [4.69, 9.17) is 0 Å². The zero-order chi connectivity index (χ0) is 28.1. The highest BCUT2D eigenvalue weighted by Crippen LogP contribution is 2.30. The Balaban J connectivity index is 1.59. The number of nitrogens with one attached hydrogen (secondary N) is 3. The third kappa shape index (κ3) is 6.58. The van der Waals surface area contributed by atoms with E-state index in [0.717, 1.165) is 30.5 Å². The summed E-state index contributed by atoms with van der Waals surface area (Å²) in [5.41, 5.74) is 3.15. The van der Waals surface area contributed by atoms with Gasteiger partial charge in [-0.1, -0.05) is 38.1 Å². The highest BCUT2D eigenvalue weighted by atomic mass is 19.1. The molecule has 1 heterocycles. The molecule has 0 spiro atoms. The Labute approximate surface area is 230 Å². The molecule has 0 saturated carbocycles. The Bertz CT molecular complexity index is 1170. The lowest BCUT2D eigenvalue weighted by molar-refractivity contribution is -0.145. The Hall–Kier alpha value is -3.46. The van der Waals surface area contributed by atoms with Gasteiger partial charge in [0.1, 0.15) is 17.9 Å². The monoisotopic (exact) mass is 537 g/mol. The summed E-state index contributed by atoms with van der Waals surface area (Å²) in [5, 5.41) is 9.02. The van der Waals surface area contributed by atoms with Crippen LogP contribution >= 0.6 is 0 Å². The average Bonchev–Trinajstić information content (AvgIpc) is 2.95. The molecule has 4 atom stereocenters. The van der Waals surface area contributed by atoms with Crippen molar-refractivity contribution in [3.63, 3.8) is 0 Å². The molecule has 0 bridgehead atoms. The van der Waals surface area contributed by atoms with E-state index >= 15 is 0 Å². The van der Waals surface area contributed by atoms with Crippen LogP contribution in [0.15, 0.2) is 48.5 Å². The lowest BCUT2D eigenvalue weighted by Gasteiger charge is -2.43. The molecule has 0 aromatic heterocycles. The van der Waals surface area contributed by atoms with Gasteiger partial charge in [0.05, 0.1) is 12.1 Å². The standard InChI is InChI=1S/C30H40FN5O3/c1-19(2)27(34-28(37)20(3)32-4)30(39)36-17-16-35(23-14-12-22(31)13-15-23)18-26(36)29(38)33-25-11-7-9-21-8-5-6-10-24(21)25/h5-6,8,10,12-15,19-20,25-27,32H,7,9,11,16-18H2,1-4H3,(H,33,38)(H,34,37)/t20-,25+,26-,27-/m0/s1. The predicted molar refractivity (Wildman–Crippen MR) is 150 cm³/mol. The van der Waals surface area contributed by atoms with Crippen LogP contribution in [0.1, 0.15) is 50.8 Å². The highest BCUT2D eigenvalue weighted by Gasteiger charge is 2.40. The second-order valence-electron chi connectivity index (χ2n) is 10.9. The summed E-state index contributed by atoms with van der Waals surface area (Å²) < 4.78 is 13.6. The van der Waals surface area contributed by atoms with Crippen LogP contribution in [0.2, 0.25) is 0 Å². The Morgan fingerprint density at radius 1 is 1.00 bits per heavy atom. The molecule has 1 fully saturated rings. The minimum Gasteiger partial charge on any atom is -0.367 e. The molecule has 3 amide bonds. The number of carbonyl (C=O) groups is 3. The molecule has 0 radical (unpaired) electrons. The summed E-state index contributed by atoms with van der Waals surface area (Å²) in [6.07, 6.45) is 2.79. The number of aryl methyl sites for hydroxylation is 1. The lowest BCUT2D eigenvalue weighted by Crippen LogP contribution is -2.65. The third-order valence-corrected chi connectivity index (χ3v) is 7.90. The molecule has 2 aromatic rings. The van der Waals surface area contributed by atoms with Gasteiger partial charge >= 0.3 is 0 Å². The molecule has 2 aliphatic rings. The molecule has 1 aliphatic heterocycles. The minimum atomic E-state index is -0.773. The number of benzene rings is 2. The Morgan fingerprint density at radius 2 is 1.72 bits per heavy atom. The summed E-state index contributed by atoms with van der Waals surface area (Å²) in [6.45, 7) is 6.56. The van der Waals surface area contributed by atoms with Gasteiger partial charge in [0.2, 0.25) is 17.7 Å². The van der Waals surface area contributed by atoms with E-state index in [1.54, 1.807) is 31.0 Å². The van der Waals surface area contributed by atoms with Gasteiger partial charge < -0.3 is 25.8 Å². The number of halogens is 1. The first kappa shape index (κ1) is 28.5. The van der Waals surface area contributed by atoms with Gasteiger partial charge in [-0.05, 0) is 74.5 Å². The second-order valence-corrected chi connectivity index (χ2v) is 10.9. The predicted octanol–water partition coefficient (Wildman–Crippen LogP) is 2.79. The summed E-state index contributed by atoms with van der Waals surface area (Å²) in [4.78, 5) is 44.1. The fourth-order valence-corrected chi connectivity index (χ4v) is 5.43. The second kappa shape index (κ2) is 12.6. The number of hydrogen-bond acceptors (Lipinski definition) is 5. The maximum atomic E-state index is 13.9. The highest BCUT2D eigenvalue weighted by molar-refractivity contribution is 5.94. The van der Waals surface area contributed by atoms with Crippen molar-refractivity contribution in [2.75, 3.05) is 31.6 Å². The summed E-state index contributed by atoms with van der Waals surface area (Å²) >= 11 is 0. The number of hydrogen-bond donors (Lipinski definition) is 3. The van der Waals surface area contributed by atoms with Crippen LogP contribution in [0.5, 0.6) is 0 Å². The van der Waals surface area contributed by atoms with Crippen molar-refractivity contribution in [1.29, 1.82) is 0 Å². The molecule has 9 heteroatoms. The average molecular weight is 538 g/mol. The van der Waals surface area contributed by atoms with Crippen LogP contribution in [-0.2, 0) is 20.8 Å². The topological polar surface area (TPSA) is 93.8 Å². The van der Waals surface area contributed by atoms with E-state index in [0.29, 0.717) is 13.1 Å². The maximum absolute atomic E-state index is 13.9. The number of fused-ring (bicyclic) bond motifs is 1. The van der Waals surface area contributed by atoms with E-state index in [-0.39, 0.29) is 42.0 Å². The summed E-state index contributed by atoms with van der Waals surface area (Å²) in [6, 6.07) is 12.2. The Morgan fingerprint density at radius 3 is 2.41 bits per heavy atom. The van der Waals surface area contributed by atoms with Crippen LogP contribution < -0.4 is 20.9 Å². The van der Waals surface area contributed by atoms with Crippen LogP contribution in [-0.4, -0.2) is 67.4 Å². The quantitative estimate of drug-likeness (QED) is 0.482. The van der Waals surface area contributed by atoms with Gasteiger partial charge in [-0.2, -0.15) is 0 Å².